The van der Waals surface area contributed by atoms with Crippen LogP contribution in [0.3, 0.4) is 0 Å². The summed E-state index contributed by atoms with van der Waals surface area (Å²) in [5.41, 5.74) is -0.0610. The van der Waals surface area contributed by atoms with Gasteiger partial charge in [0.2, 0.25) is 0 Å². The number of benzene rings is 1. The Kier molecular flexibility index (Phi) is 2.93. The van der Waals surface area contributed by atoms with Gasteiger partial charge in [0.15, 0.2) is 0 Å². The summed E-state index contributed by atoms with van der Waals surface area (Å²) in [4.78, 5) is 11.5. The van der Waals surface area contributed by atoms with Crippen LogP contribution in [0, 0.1) is 5.82 Å². The Morgan fingerprint density at radius 2 is 2.42 bits per heavy atom. The van der Waals surface area contributed by atoms with Gasteiger partial charge in [-0.1, -0.05) is 0 Å². The molecule has 0 saturated carbocycles. The van der Waals surface area contributed by atoms with Crippen molar-refractivity contribution in [2.24, 2.45) is 0 Å². The minimum absolute atomic E-state index is 0.196. The third-order valence-electron chi connectivity index (χ3n) is 3.99. The van der Waals surface area contributed by atoms with Gasteiger partial charge in [0.25, 0.3) is 0 Å². The number of carboxylic acid groups (broad SMARTS) is 1. The average Bonchev–Trinajstić information content (AvgIpc) is 2.96. The number of ether oxygens (including phenoxy) is 1. The second kappa shape index (κ2) is 4.49. The molecule has 0 aliphatic carbocycles. The lowest BCUT2D eigenvalue weighted by atomic mass is 9.89. The number of hydrogen-bond acceptors (Lipinski definition) is 3. The van der Waals surface area contributed by atoms with Crippen molar-refractivity contribution in [3.63, 3.8) is 0 Å². The summed E-state index contributed by atoms with van der Waals surface area (Å²) in [5, 5.41) is 12.5. The SMILES string of the molecule is O=C(O)C1(CC2Cc3cc(F)ccc3O2)CCCN1. The van der Waals surface area contributed by atoms with Gasteiger partial charge in [-0.3, -0.25) is 4.79 Å². The highest BCUT2D eigenvalue weighted by atomic mass is 19.1. The summed E-state index contributed by atoms with van der Waals surface area (Å²) < 4.78 is 18.9. The van der Waals surface area contributed by atoms with Gasteiger partial charge in [-0.15, -0.1) is 0 Å². The van der Waals surface area contributed by atoms with Crippen LogP contribution in [0.25, 0.3) is 0 Å². The molecule has 4 nitrogen and oxygen atoms in total. The fraction of sp³-hybridized carbons (Fsp3) is 0.500. The van der Waals surface area contributed by atoms with E-state index in [4.69, 9.17) is 4.74 Å². The molecule has 1 saturated heterocycles. The molecule has 0 spiro atoms. The van der Waals surface area contributed by atoms with E-state index in [2.05, 4.69) is 5.32 Å². The Morgan fingerprint density at radius 3 is 3.11 bits per heavy atom. The molecule has 102 valence electrons. The summed E-state index contributed by atoms with van der Waals surface area (Å²) in [6, 6.07) is 4.44. The minimum atomic E-state index is -0.884. The fourth-order valence-corrected chi connectivity index (χ4v) is 3.04. The monoisotopic (exact) mass is 265 g/mol. The number of halogens is 1. The Labute approximate surface area is 110 Å². The predicted molar refractivity (Wildman–Crippen MR) is 66.7 cm³/mol. The maximum Gasteiger partial charge on any atom is 0.324 e. The first kappa shape index (κ1) is 12.4. The van der Waals surface area contributed by atoms with Gasteiger partial charge >= 0.3 is 5.97 Å². The minimum Gasteiger partial charge on any atom is -0.490 e. The first-order valence-electron chi connectivity index (χ1n) is 6.53. The van der Waals surface area contributed by atoms with Gasteiger partial charge in [-0.25, -0.2) is 4.39 Å². The molecule has 2 atom stereocenters. The van der Waals surface area contributed by atoms with Crippen molar-refractivity contribution in [3.05, 3.63) is 29.6 Å². The molecule has 19 heavy (non-hydrogen) atoms. The zero-order valence-electron chi connectivity index (χ0n) is 10.5. The Balaban J connectivity index is 1.74. The van der Waals surface area contributed by atoms with Gasteiger partial charge < -0.3 is 15.2 Å². The van der Waals surface area contributed by atoms with E-state index in [1.54, 1.807) is 6.07 Å². The highest BCUT2D eigenvalue weighted by Gasteiger charge is 2.44. The lowest BCUT2D eigenvalue weighted by Gasteiger charge is -2.27. The second-order valence-corrected chi connectivity index (χ2v) is 5.32. The standard InChI is InChI=1S/C14H16FNO3/c15-10-2-3-12-9(6-10)7-11(19-12)8-14(13(17)18)4-1-5-16-14/h2-3,6,11,16H,1,4-5,7-8H2,(H,17,18). The maximum atomic E-state index is 13.1. The van der Waals surface area contributed by atoms with Crippen LogP contribution in [0.15, 0.2) is 18.2 Å². The van der Waals surface area contributed by atoms with Gasteiger partial charge in [0, 0.05) is 18.4 Å². The van der Waals surface area contributed by atoms with E-state index < -0.39 is 11.5 Å². The maximum absolute atomic E-state index is 13.1. The van der Waals surface area contributed by atoms with Crippen LogP contribution in [-0.4, -0.2) is 29.3 Å². The summed E-state index contributed by atoms with van der Waals surface area (Å²) in [7, 11) is 0. The predicted octanol–water partition coefficient (Wildman–Crippen LogP) is 1.73. The van der Waals surface area contributed by atoms with Crippen LogP contribution in [0.4, 0.5) is 4.39 Å². The van der Waals surface area contributed by atoms with E-state index >= 15 is 0 Å². The van der Waals surface area contributed by atoms with Crippen molar-refractivity contribution >= 4 is 5.97 Å². The number of carbonyl (C=O) groups is 1. The first-order chi connectivity index (χ1) is 9.09. The summed E-state index contributed by atoms with van der Waals surface area (Å²) in [5.74, 6) is -0.435. The Morgan fingerprint density at radius 1 is 1.58 bits per heavy atom. The van der Waals surface area contributed by atoms with Gasteiger partial charge in [0.05, 0.1) is 0 Å². The average molecular weight is 265 g/mol. The van der Waals surface area contributed by atoms with E-state index in [1.165, 1.54) is 12.1 Å². The van der Waals surface area contributed by atoms with E-state index in [1.807, 2.05) is 0 Å². The van der Waals surface area contributed by atoms with Crippen molar-refractivity contribution < 1.29 is 19.0 Å². The number of nitrogens with one attached hydrogen (secondary N) is 1. The van der Waals surface area contributed by atoms with Crippen molar-refractivity contribution in [1.82, 2.24) is 5.32 Å². The molecule has 1 fully saturated rings. The van der Waals surface area contributed by atoms with Crippen LogP contribution in [0.5, 0.6) is 5.75 Å². The Bertz CT molecular complexity index is 511. The molecule has 2 N–H and O–H groups in total. The molecule has 2 aliphatic rings. The number of rotatable bonds is 3. The zero-order valence-corrected chi connectivity index (χ0v) is 10.5. The zero-order chi connectivity index (χ0) is 13.5. The molecular formula is C14H16FNO3. The lowest BCUT2D eigenvalue weighted by molar-refractivity contribution is -0.145. The lowest BCUT2D eigenvalue weighted by Crippen LogP contribution is -2.50. The highest BCUT2D eigenvalue weighted by molar-refractivity contribution is 5.79. The van der Waals surface area contributed by atoms with Crippen LogP contribution in [-0.2, 0) is 11.2 Å². The molecule has 0 amide bonds. The molecule has 5 heteroatoms. The van der Waals surface area contributed by atoms with E-state index in [9.17, 15) is 14.3 Å². The van der Waals surface area contributed by atoms with Crippen molar-refractivity contribution in [1.29, 1.82) is 0 Å². The van der Waals surface area contributed by atoms with Crippen molar-refractivity contribution in [2.75, 3.05) is 6.54 Å². The molecule has 0 aromatic heterocycles. The van der Waals surface area contributed by atoms with Crippen LogP contribution >= 0.6 is 0 Å². The first-order valence-corrected chi connectivity index (χ1v) is 6.53. The quantitative estimate of drug-likeness (QED) is 0.873. The molecule has 0 radical (unpaired) electrons. The normalized spacial score (nSPS) is 29.0. The molecular weight excluding hydrogens is 249 g/mol. The molecule has 1 aromatic carbocycles. The van der Waals surface area contributed by atoms with Gasteiger partial charge in [0.1, 0.15) is 23.2 Å². The molecule has 2 unspecified atom stereocenters. The molecule has 0 bridgehead atoms. The smallest absolute Gasteiger partial charge is 0.324 e. The van der Waals surface area contributed by atoms with Crippen molar-refractivity contribution in [2.45, 2.75) is 37.3 Å². The molecule has 2 aliphatic heterocycles. The van der Waals surface area contributed by atoms with Gasteiger partial charge in [-0.05, 0) is 37.6 Å². The summed E-state index contributed by atoms with van der Waals surface area (Å²) >= 11 is 0. The molecule has 2 heterocycles. The largest absolute Gasteiger partial charge is 0.490 e. The van der Waals surface area contributed by atoms with Crippen LogP contribution < -0.4 is 10.1 Å². The van der Waals surface area contributed by atoms with E-state index in [-0.39, 0.29) is 11.9 Å². The third-order valence-corrected chi connectivity index (χ3v) is 3.99. The number of fused-ring (bicyclic) bond motifs is 1. The number of aliphatic carboxylic acids is 1. The Hall–Kier alpha value is -1.62. The van der Waals surface area contributed by atoms with E-state index in [0.717, 1.165) is 18.5 Å². The molecule has 1 aromatic rings. The third kappa shape index (κ3) is 2.18. The summed E-state index contributed by atoms with van der Waals surface area (Å²) in [6.07, 6.45) is 2.27. The van der Waals surface area contributed by atoms with Crippen LogP contribution in [0.2, 0.25) is 0 Å². The second-order valence-electron chi connectivity index (χ2n) is 5.32. The topological polar surface area (TPSA) is 58.6 Å². The summed E-state index contributed by atoms with van der Waals surface area (Å²) in [6.45, 7) is 0.723. The van der Waals surface area contributed by atoms with E-state index in [0.29, 0.717) is 25.0 Å². The highest BCUT2D eigenvalue weighted by Crippen LogP contribution is 2.34. The number of hydrogen-bond donors (Lipinski definition) is 2. The van der Waals surface area contributed by atoms with Crippen LogP contribution in [0.1, 0.15) is 24.8 Å². The fourth-order valence-electron chi connectivity index (χ4n) is 3.04. The number of carboxylic acids is 1. The van der Waals surface area contributed by atoms with Gasteiger partial charge in [-0.2, -0.15) is 0 Å². The van der Waals surface area contributed by atoms with Crippen molar-refractivity contribution in [3.8, 4) is 5.75 Å². The molecule has 3 rings (SSSR count).